The summed E-state index contributed by atoms with van der Waals surface area (Å²) < 4.78 is 0. The summed E-state index contributed by atoms with van der Waals surface area (Å²) in [6.45, 7) is 1.72. The topological polar surface area (TPSA) is 24.4 Å². The summed E-state index contributed by atoms with van der Waals surface area (Å²) in [5.41, 5.74) is 2.18. The van der Waals surface area contributed by atoms with Gasteiger partial charge in [-0.2, -0.15) is 0 Å². The van der Waals surface area contributed by atoms with Crippen LogP contribution in [0.5, 0.6) is 0 Å². The van der Waals surface area contributed by atoms with Gasteiger partial charge in [0.1, 0.15) is 0 Å². The molecule has 1 N–H and O–H groups in total. The van der Waals surface area contributed by atoms with Gasteiger partial charge in [-0.15, -0.1) is 0 Å². The van der Waals surface area contributed by atoms with Gasteiger partial charge in [0.25, 0.3) is 0 Å². The van der Waals surface area contributed by atoms with E-state index >= 15 is 0 Å². The lowest BCUT2D eigenvalue weighted by Crippen LogP contribution is -2.02. The van der Waals surface area contributed by atoms with Crippen molar-refractivity contribution in [2.75, 3.05) is 18.4 Å². The highest BCUT2D eigenvalue weighted by Gasteiger charge is 2.02. The number of hydrogen-bond donors (Lipinski definition) is 1. The number of nitrogens with one attached hydrogen (secondary N) is 1. The van der Waals surface area contributed by atoms with Gasteiger partial charge in [0.2, 0.25) is 0 Å². The van der Waals surface area contributed by atoms with Crippen LogP contribution in [0.3, 0.4) is 0 Å². The van der Waals surface area contributed by atoms with E-state index in [4.69, 9.17) is 11.6 Å². The molecule has 0 saturated carbocycles. The molecular weight excluding hydrogens is 172 g/mol. The normalized spacial score (nSPS) is 14.8. The number of halogens is 1. The van der Waals surface area contributed by atoms with E-state index in [0.29, 0.717) is 0 Å². The van der Waals surface area contributed by atoms with Crippen molar-refractivity contribution in [2.45, 2.75) is 0 Å². The van der Waals surface area contributed by atoms with Gasteiger partial charge in [-0.25, -0.2) is 0 Å². The molecule has 0 fully saturated rings. The number of aliphatic imine (C=N–C) groups is 1. The second-order valence-corrected chi connectivity index (χ2v) is 3.13. The highest BCUT2D eigenvalue weighted by atomic mass is 35.5. The molecule has 1 aromatic rings. The molecule has 1 heterocycles. The average molecular weight is 181 g/mol. The molecule has 1 aliphatic rings. The molecular formula is C9H9ClN2. The Kier molecular flexibility index (Phi) is 2.00. The van der Waals surface area contributed by atoms with Gasteiger partial charge in [-0.05, 0) is 18.2 Å². The Hall–Kier alpha value is -1.02. The van der Waals surface area contributed by atoms with Crippen LogP contribution < -0.4 is 5.32 Å². The van der Waals surface area contributed by atoms with Crippen molar-refractivity contribution >= 4 is 23.5 Å². The first kappa shape index (κ1) is 7.62. The van der Waals surface area contributed by atoms with Gasteiger partial charge >= 0.3 is 0 Å². The Balaban J connectivity index is 2.47. The zero-order valence-corrected chi connectivity index (χ0v) is 7.30. The van der Waals surface area contributed by atoms with Crippen LogP contribution in [0, 0.1) is 0 Å². The molecule has 0 aliphatic carbocycles. The van der Waals surface area contributed by atoms with Crippen LogP contribution in [0.25, 0.3) is 0 Å². The molecule has 0 atom stereocenters. The summed E-state index contributed by atoms with van der Waals surface area (Å²) in [6, 6.07) is 5.78. The lowest BCUT2D eigenvalue weighted by Gasteiger charge is -2.04. The number of benzene rings is 1. The van der Waals surface area contributed by atoms with Crippen molar-refractivity contribution in [3.63, 3.8) is 0 Å². The monoisotopic (exact) mass is 180 g/mol. The molecule has 2 rings (SSSR count). The second kappa shape index (κ2) is 3.15. The van der Waals surface area contributed by atoms with Gasteiger partial charge in [0.05, 0.1) is 6.54 Å². The van der Waals surface area contributed by atoms with Crippen molar-refractivity contribution in [3.8, 4) is 0 Å². The van der Waals surface area contributed by atoms with Crippen LogP contribution in [0.15, 0.2) is 23.2 Å². The second-order valence-electron chi connectivity index (χ2n) is 2.69. The van der Waals surface area contributed by atoms with Crippen molar-refractivity contribution < 1.29 is 0 Å². The minimum absolute atomic E-state index is 0.754. The zero-order chi connectivity index (χ0) is 8.39. The first-order valence-corrected chi connectivity index (χ1v) is 4.27. The third-order valence-corrected chi connectivity index (χ3v) is 2.04. The fraction of sp³-hybridized carbons (Fsp3) is 0.222. The molecule has 3 heteroatoms. The molecule has 0 bridgehead atoms. The minimum Gasteiger partial charge on any atom is -0.383 e. The zero-order valence-electron chi connectivity index (χ0n) is 6.55. The van der Waals surface area contributed by atoms with Gasteiger partial charge in [-0.3, -0.25) is 4.99 Å². The Bertz CT molecular complexity index is 320. The maximum absolute atomic E-state index is 5.84. The van der Waals surface area contributed by atoms with E-state index in [9.17, 15) is 0 Å². The molecule has 0 amide bonds. The number of fused-ring (bicyclic) bond motifs is 1. The third kappa shape index (κ3) is 1.43. The molecule has 0 aromatic heterocycles. The number of rotatable bonds is 0. The fourth-order valence-electron chi connectivity index (χ4n) is 1.22. The molecule has 0 radical (unpaired) electrons. The van der Waals surface area contributed by atoms with Gasteiger partial charge < -0.3 is 5.32 Å². The number of nitrogens with zero attached hydrogens (tertiary/aromatic N) is 1. The highest BCUT2D eigenvalue weighted by Crippen LogP contribution is 2.19. The van der Waals surface area contributed by atoms with Gasteiger partial charge in [-0.1, -0.05) is 11.6 Å². The summed E-state index contributed by atoms with van der Waals surface area (Å²) in [5, 5.41) is 4.02. The smallest absolute Gasteiger partial charge is 0.0562 e. The lowest BCUT2D eigenvalue weighted by molar-refractivity contribution is 1.04. The van der Waals surface area contributed by atoms with Crippen molar-refractivity contribution in [1.29, 1.82) is 0 Å². The van der Waals surface area contributed by atoms with Crippen LogP contribution in [0.1, 0.15) is 5.56 Å². The summed E-state index contributed by atoms with van der Waals surface area (Å²) in [7, 11) is 0. The summed E-state index contributed by atoms with van der Waals surface area (Å²) in [4.78, 5) is 4.21. The molecule has 0 spiro atoms. The highest BCUT2D eigenvalue weighted by molar-refractivity contribution is 6.31. The molecule has 62 valence electrons. The van der Waals surface area contributed by atoms with Gasteiger partial charge in [0, 0.05) is 29.0 Å². The van der Waals surface area contributed by atoms with E-state index in [2.05, 4.69) is 10.3 Å². The molecule has 1 aromatic carbocycles. The van der Waals surface area contributed by atoms with Gasteiger partial charge in [0.15, 0.2) is 0 Å². The quantitative estimate of drug-likeness (QED) is 0.651. The number of hydrogen-bond acceptors (Lipinski definition) is 2. The lowest BCUT2D eigenvalue weighted by atomic mass is 10.2. The van der Waals surface area contributed by atoms with Crippen LogP contribution in [0.2, 0.25) is 5.02 Å². The summed E-state index contributed by atoms with van der Waals surface area (Å²) in [5.74, 6) is 0. The van der Waals surface area contributed by atoms with E-state index in [1.54, 1.807) is 0 Å². The first-order valence-electron chi connectivity index (χ1n) is 3.89. The summed E-state index contributed by atoms with van der Waals surface area (Å²) in [6.07, 6.45) is 1.86. The maximum Gasteiger partial charge on any atom is 0.0562 e. The predicted octanol–water partition coefficient (Wildman–Crippen LogP) is 2.18. The minimum atomic E-state index is 0.754. The Morgan fingerprint density at radius 3 is 3.25 bits per heavy atom. The van der Waals surface area contributed by atoms with Crippen LogP contribution in [0.4, 0.5) is 5.69 Å². The standard InChI is InChI=1S/C9H9ClN2/c10-8-1-2-9-7(5-8)6-11-3-4-12-9/h1-2,5-6,12H,3-4H2. The fourth-order valence-corrected chi connectivity index (χ4v) is 1.40. The van der Waals surface area contributed by atoms with Crippen molar-refractivity contribution in [2.24, 2.45) is 4.99 Å². The Labute approximate surface area is 76.3 Å². The predicted molar refractivity (Wildman–Crippen MR) is 52.4 cm³/mol. The number of anilines is 1. The van der Waals surface area contributed by atoms with E-state index in [1.807, 2.05) is 24.4 Å². The SMILES string of the molecule is Clc1ccc2c(c1)C=NCCN2. The van der Waals surface area contributed by atoms with Crippen LogP contribution in [-0.2, 0) is 0 Å². The van der Waals surface area contributed by atoms with Crippen molar-refractivity contribution in [3.05, 3.63) is 28.8 Å². The Morgan fingerprint density at radius 1 is 1.42 bits per heavy atom. The molecule has 1 aliphatic heterocycles. The van der Waals surface area contributed by atoms with E-state index in [0.717, 1.165) is 29.4 Å². The maximum atomic E-state index is 5.84. The van der Waals surface area contributed by atoms with E-state index in [1.165, 1.54) is 0 Å². The van der Waals surface area contributed by atoms with E-state index in [-0.39, 0.29) is 0 Å². The third-order valence-electron chi connectivity index (χ3n) is 1.80. The molecule has 2 nitrogen and oxygen atoms in total. The van der Waals surface area contributed by atoms with Crippen molar-refractivity contribution in [1.82, 2.24) is 0 Å². The molecule has 0 saturated heterocycles. The number of benzodiazepines with no additional fused rings is 1. The molecule has 0 unspecified atom stereocenters. The van der Waals surface area contributed by atoms with Crippen LogP contribution >= 0.6 is 11.6 Å². The largest absolute Gasteiger partial charge is 0.383 e. The van der Waals surface area contributed by atoms with Crippen LogP contribution in [-0.4, -0.2) is 19.3 Å². The van der Waals surface area contributed by atoms with E-state index < -0.39 is 0 Å². The first-order chi connectivity index (χ1) is 5.86. The Morgan fingerprint density at radius 2 is 2.33 bits per heavy atom. The summed E-state index contributed by atoms with van der Waals surface area (Å²) >= 11 is 5.84. The average Bonchev–Trinajstić information content (AvgIpc) is 2.28. The molecule has 12 heavy (non-hydrogen) atoms.